The van der Waals surface area contributed by atoms with Gasteiger partial charge in [0.2, 0.25) is 0 Å². The molecule has 1 rings (SSSR count). The summed E-state index contributed by atoms with van der Waals surface area (Å²) in [5.41, 5.74) is 1.47. The van der Waals surface area contributed by atoms with Gasteiger partial charge in [0, 0.05) is 5.97 Å². The van der Waals surface area contributed by atoms with Crippen LogP contribution in [-0.2, 0) is 15.2 Å². The van der Waals surface area contributed by atoms with Crippen LogP contribution in [0.25, 0.3) is 0 Å². The molecule has 0 aromatic heterocycles. The van der Waals surface area contributed by atoms with Gasteiger partial charge in [-0.1, -0.05) is 82.6 Å². The molecule has 37 heavy (non-hydrogen) atoms. The number of benzene rings is 1. The predicted molar refractivity (Wildman–Crippen MR) is 136 cm³/mol. The molecule has 0 fully saturated rings. The number of rotatable bonds is 16. The molecule has 0 heterocycles. The van der Waals surface area contributed by atoms with Crippen molar-refractivity contribution in [2.45, 2.75) is 96.8 Å². The topological polar surface area (TPSA) is 184 Å². The molecule has 12 heteroatoms. The van der Waals surface area contributed by atoms with E-state index >= 15 is 0 Å². The predicted octanol–water partition coefficient (Wildman–Crippen LogP) is 1.64. The molecule has 0 unspecified atom stereocenters. The second kappa shape index (κ2) is 27.6. The SMILES string of the molecule is CCCCCCCC/C=C\CCCCCCCC(=O)[O-].O=C(NO)c1ccccc1O.O=S(=O)(O)O.[Na+]. The number of amides is 1. The van der Waals surface area contributed by atoms with E-state index in [9.17, 15) is 14.7 Å². The summed E-state index contributed by atoms with van der Waals surface area (Å²) in [5, 5.41) is 27.5. The normalized spacial score (nSPS) is 10.4. The minimum absolute atomic E-state index is 0. The molecule has 0 aliphatic rings. The number of unbranched alkanes of at least 4 members (excludes halogenated alkanes) is 11. The van der Waals surface area contributed by atoms with Crippen molar-refractivity contribution in [3.63, 3.8) is 0 Å². The molecule has 1 aromatic carbocycles. The van der Waals surface area contributed by atoms with Gasteiger partial charge in [0.05, 0.1) is 5.56 Å². The molecule has 0 aliphatic heterocycles. The average Bonchev–Trinajstić information content (AvgIpc) is 2.80. The Hall–Kier alpha value is -1.47. The molecule has 208 valence electrons. The second-order valence-electron chi connectivity index (χ2n) is 8.11. The van der Waals surface area contributed by atoms with Crippen molar-refractivity contribution >= 4 is 22.3 Å². The van der Waals surface area contributed by atoms with Gasteiger partial charge in [-0.3, -0.25) is 19.1 Å². The zero-order valence-electron chi connectivity index (χ0n) is 22.1. The van der Waals surface area contributed by atoms with Crippen LogP contribution in [-0.4, -0.2) is 39.7 Å². The van der Waals surface area contributed by atoms with E-state index in [4.69, 9.17) is 27.8 Å². The van der Waals surface area contributed by atoms with E-state index in [1.807, 2.05) is 0 Å². The van der Waals surface area contributed by atoms with Crippen molar-refractivity contribution in [3.05, 3.63) is 42.0 Å². The van der Waals surface area contributed by atoms with Crippen LogP contribution in [0.1, 0.15) is 107 Å². The minimum Gasteiger partial charge on any atom is -0.550 e. The Morgan fingerprint density at radius 3 is 1.73 bits per heavy atom. The second-order valence-corrected chi connectivity index (χ2v) is 9.01. The van der Waals surface area contributed by atoms with Crippen LogP contribution in [0, 0.1) is 0 Å². The quantitative estimate of drug-likeness (QED) is 0.0505. The van der Waals surface area contributed by atoms with Gasteiger partial charge < -0.3 is 15.0 Å². The van der Waals surface area contributed by atoms with Crippen LogP contribution in [0.4, 0.5) is 0 Å². The molecule has 0 spiro atoms. The number of allylic oxidation sites excluding steroid dienone is 2. The molecule has 0 radical (unpaired) electrons. The van der Waals surface area contributed by atoms with Gasteiger partial charge in [0.1, 0.15) is 5.75 Å². The van der Waals surface area contributed by atoms with Gasteiger partial charge in [-0.2, -0.15) is 8.42 Å². The van der Waals surface area contributed by atoms with Crippen LogP contribution < -0.4 is 40.1 Å². The van der Waals surface area contributed by atoms with Gasteiger partial charge in [0.25, 0.3) is 5.91 Å². The maximum atomic E-state index is 10.7. The number of phenolic OH excluding ortho intramolecular Hbond substituents is 1. The fourth-order valence-corrected chi connectivity index (χ4v) is 3.07. The van der Waals surface area contributed by atoms with Crippen molar-refractivity contribution < 1.29 is 72.1 Å². The van der Waals surface area contributed by atoms with E-state index < -0.39 is 22.3 Å². The third kappa shape index (κ3) is 34.5. The molecule has 1 amide bonds. The average molecular weight is 556 g/mol. The summed E-state index contributed by atoms with van der Waals surface area (Å²) in [6, 6.07) is 5.94. The molecule has 0 atom stereocenters. The number of carbonyl (C=O) groups is 2. The molecule has 0 saturated heterocycles. The Morgan fingerprint density at radius 1 is 0.865 bits per heavy atom. The van der Waals surface area contributed by atoms with Gasteiger partial charge >= 0.3 is 40.0 Å². The first-order valence-electron chi connectivity index (χ1n) is 12.3. The van der Waals surface area contributed by atoms with E-state index in [1.54, 1.807) is 12.1 Å². The fraction of sp³-hybridized carbons (Fsp3) is 0.600. The standard InChI is InChI=1S/C18H34O2.C7H7NO3.Na.H2O4S/c1-2-3-4-5-6-7-8-9-10-11-12-13-14-15-16-17-18(19)20;9-6-4-2-1-3-5(6)7(10)8-11;;1-5(2,3)4/h9-10H,2-8,11-17H2,1H3,(H,19,20);1-4,9,11H,(H,8,10);;(H2,1,2,3,4)/q;;+1;/p-1/b10-9-;;;. The molecular formula is C25H42NNaO9S. The van der Waals surface area contributed by atoms with Gasteiger partial charge in [-0.05, 0) is 50.7 Å². The maximum Gasteiger partial charge on any atom is 1.00 e. The Morgan fingerprint density at radius 2 is 1.30 bits per heavy atom. The Balaban J connectivity index is -0.000000566. The Labute approximate surface area is 243 Å². The van der Waals surface area contributed by atoms with E-state index in [2.05, 4.69) is 19.1 Å². The number of hydrogen-bond acceptors (Lipinski definition) is 7. The van der Waals surface area contributed by atoms with E-state index in [-0.39, 0.29) is 47.3 Å². The molecule has 0 aliphatic carbocycles. The number of carboxylic acids is 1. The third-order valence-corrected chi connectivity index (χ3v) is 4.89. The van der Waals surface area contributed by atoms with Gasteiger partial charge in [-0.25, -0.2) is 5.48 Å². The van der Waals surface area contributed by atoms with Crippen molar-refractivity contribution in [2.75, 3.05) is 0 Å². The van der Waals surface area contributed by atoms with E-state index in [1.165, 1.54) is 81.8 Å². The number of phenols is 1. The summed E-state index contributed by atoms with van der Waals surface area (Å²) < 4.78 is 31.6. The van der Waals surface area contributed by atoms with E-state index in [0.29, 0.717) is 0 Å². The largest absolute Gasteiger partial charge is 1.00 e. The first-order valence-corrected chi connectivity index (χ1v) is 13.7. The zero-order chi connectivity index (χ0) is 27.7. The molecule has 0 bridgehead atoms. The van der Waals surface area contributed by atoms with Crippen LogP contribution in [0.2, 0.25) is 0 Å². The Kier molecular flexibility index (Phi) is 29.8. The van der Waals surface area contributed by atoms with Crippen molar-refractivity contribution in [1.82, 2.24) is 5.48 Å². The van der Waals surface area contributed by atoms with Crippen LogP contribution in [0.3, 0.4) is 0 Å². The number of hydrogen-bond donors (Lipinski definition) is 5. The number of aromatic hydroxyl groups is 1. The van der Waals surface area contributed by atoms with Gasteiger partial charge in [-0.15, -0.1) is 0 Å². The molecule has 1 aromatic rings. The number of carbonyl (C=O) groups excluding carboxylic acids is 2. The summed E-state index contributed by atoms with van der Waals surface area (Å²) in [5.74, 6) is -1.79. The Bertz CT molecular complexity index is 825. The summed E-state index contributed by atoms with van der Waals surface area (Å²) in [6.07, 6.45) is 20.9. The van der Waals surface area contributed by atoms with Crippen LogP contribution in [0.5, 0.6) is 5.75 Å². The summed E-state index contributed by atoms with van der Waals surface area (Å²) >= 11 is 0. The molecule has 0 saturated carbocycles. The number of carboxylic acid groups (broad SMARTS) is 1. The first kappa shape index (κ1) is 40.0. The van der Waals surface area contributed by atoms with Crippen molar-refractivity contribution in [1.29, 1.82) is 0 Å². The molecular weight excluding hydrogens is 513 g/mol. The van der Waals surface area contributed by atoms with Crippen LogP contribution in [0.15, 0.2) is 36.4 Å². The smallest absolute Gasteiger partial charge is 0.550 e. The number of nitrogens with one attached hydrogen (secondary N) is 1. The summed E-state index contributed by atoms with van der Waals surface area (Å²) in [6.45, 7) is 2.26. The zero-order valence-corrected chi connectivity index (χ0v) is 24.9. The molecule has 5 N–H and O–H groups in total. The van der Waals surface area contributed by atoms with Crippen molar-refractivity contribution in [3.8, 4) is 5.75 Å². The number of hydroxylamine groups is 1. The summed E-state index contributed by atoms with van der Waals surface area (Å²) in [4.78, 5) is 20.9. The minimum atomic E-state index is -4.67. The molecule has 10 nitrogen and oxygen atoms in total. The third-order valence-electron chi connectivity index (χ3n) is 4.89. The maximum absolute atomic E-state index is 10.7. The van der Waals surface area contributed by atoms with Crippen molar-refractivity contribution in [2.24, 2.45) is 0 Å². The van der Waals surface area contributed by atoms with Crippen LogP contribution >= 0.6 is 0 Å². The monoisotopic (exact) mass is 555 g/mol. The summed E-state index contributed by atoms with van der Waals surface area (Å²) in [7, 11) is -4.67. The van der Waals surface area contributed by atoms with E-state index in [0.717, 1.165) is 19.3 Å². The fourth-order valence-electron chi connectivity index (χ4n) is 3.07. The number of para-hydroxylation sites is 1. The van der Waals surface area contributed by atoms with Gasteiger partial charge in [0.15, 0.2) is 0 Å². The number of aliphatic carboxylic acids is 1. The first-order chi connectivity index (χ1) is 17.0.